The fourth-order valence-electron chi connectivity index (χ4n) is 8.81. The van der Waals surface area contributed by atoms with Crippen LogP contribution < -0.4 is 0 Å². The van der Waals surface area contributed by atoms with Crippen LogP contribution in [0.4, 0.5) is 0 Å². The summed E-state index contributed by atoms with van der Waals surface area (Å²) in [5, 5.41) is 0. The predicted molar refractivity (Wildman–Crippen MR) is 352 cm³/mol. The topological polar surface area (TPSA) is 78.9 Å². The quantitative estimate of drug-likeness (QED) is 0.0261. The molecule has 0 aromatic rings. The molecular formula is C75H122O6. The molecule has 0 aliphatic heterocycles. The molecule has 0 aromatic heterocycles. The second kappa shape index (κ2) is 67.8. The van der Waals surface area contributed by atoms with E-state index in [0.717, 1.165) is 161 Å². The first kappa shape index (κ1) is 76.3. The molecule has 0 fully saturated rings. The first-order valence-electron chi connectivity index (χ1n) is 33.3. The Kier molecular flexibility index (Phi) is 63.9. The monoisotopic (exact) mass is 1120 g/mol. The van der Waals surface area contributed by atoms with Gasteiger partial charge in [-0.1, -0.05) is 269 Å². The van der Waals surface area contributed by atoms with Gasteiger partial charge in [-0.15, -0.1) is 0 Å². The first-order valence-corrected chi connectivity index (χ1v) is 33.3. The molecule has 0 N–H and O–H groups in total. The zero-order chi connectivity index (χ0) is 58.5. The summed E-state index contributed by atoms with van der Waals surface area (Å²) in [4.78, 5) is 38.4. The minimum Gasteiger partial charge on any atom is -0.462 e. The zero-order valence-corrected chi connectivity index (χ0v) is 52.5. The number of hydrogen-bond acceptors (Lipinski definition) is 6. The Hall–Kier alpha value is -4.71. The second-order valence-electron chi connectivity index (χ2n) is 21.6. The van der Waals surface area contributed by atoms with Gasteiger partial charge in [0, 0.05) is 19.3 Å². The van der Waals surface area contributed by atoms with Gasteiger partial charge < -0.3 is 14.2 Å². The van der Waals surface area contributed by atoms with Crippen LogP contribution in [0.1, 0.15) is 290 Å². The normalized spacial score (nSPS) is 13.1. The Balaban J connectivity index is 4.52. The van der Waals surface area contributed by atoms with Crippen LogP contribution in [-0.4, -0.2) is 37.2 Å². The maximum absolute atomic E-state index is 12.9. The summed E-state index contributed by atoms with van der Waals surface area (Å²) < 4.78 is 16.9. The second-order valence-corrected chi connectivity index (χ2v) is 21.6. The third-order valence-corrected chi connectivity index (χ3v) is 13.8. The zero-order valence-electron chi connectivity index (χ0n) is 52.5. The number of allylic oxidation sites excluding steroid dienone is 24. The van der Waals surface area contributed by atoms with E-state index in [0.29, 0.717) is 19.3 Å². The largest absolute Gasteiger partial charge is 0.462 e. The Morgan fingerprint density at radius 1 is 0.259 bits per heavy atom. The molecule has 0 radical (unpaired) electrons. The molecule has 0 aliphatic rings. The van der Waals surface area contributed by atoms with Crippen LogP contribution in [0.15, 0.2) is 146 Å². The van der Waals surface area contributed by atoms with Crippen molar-refractivity contribution < 1.29 is 28.6 Å². The molecular weight excluding hydrogens is 997 g/mol. The van der Waals surface area contributed by atoms with E-state index >= 15 is 0 Å². The van der Waals surface area contributed by atoms with Crippen LogP contribution in [0.25, 0.3) is 0 Å². The molecule has 0 aliphatic carbocycles. The minimum atomic E-state index is -0.811. The van der Waals surface area contributed by atoms with Gasteiger partial charge in [-0.25, -0.2) is 0 Å². The van der Waals surface area contributed by atoms with Gasteiger partial charge in [-0.2, -0.15) is 0 Å². The summed E-state index contributed by atoms with van der Waals surface area (Å²) in [6, 6.07) is 0. The van der Waals surface area contributed by atoms with Gasteiger partial charge in [-0.05, 0) is 148 Å². The molecule has 0 amide bonds. The van der Waals surface area contributed by atoms with Gasteiger partial charge >= 0.3 is 17.9 Å². The van der Waals surface area contributed by atoms with E-state index in [9.17, 15) is 14.4 Å². The van der Waals surface area contributed by atoms with Crippen molar-refractivity contribution in [3.8, 4) is 0 Å². The summed E-state index contributed by atoms with van der Waals surface area (Å²) in [5.41, 5.74) is 0. The Bertz CT molecular complexity index is 1760. The van der Waals surface area contributed by atoms with Gasteiger partial charge in [-0.3, -0.25) is 14.4 Å². The van der Waals surface area contributed by atoms with Crippen LogP contribution >= 0.6 is 0 Å². The fraction of sp³-hybridized carbons (Fsp3) is 0.640. The van der Waals surface area contributed by atoms with Gasteiger partial charge in [0.25, 0.3) is 0 Å². The lowest BCUT2D eigenvalue weighted by Gasteiger charge is -2.18. The molecule has 6 heteroatoms. The van der Waals surface area contributed by atoms with Gasteiger partial charge in [0.1, 0.15) is 13.2 Å². The van der Waals surface area contributed by atoms with E-state index < -0.39 is 6.10 Å². The van der Waals surface area contributed by atoms with E-state index in [-0.39, 0.29) is 31.1 Å². The highest BCUT2D eigenvalue weighted by atomic mass is 16.6. The third-order valence-electron chi connectivity index (χ3n) is 13.8. The highest BCUT2D eigenvalue weighted by molar-refractivity contribution is 5.71. The molecule has 0 saturated heterocycles. The number of rotatable bonds is 59. The fourth-order valence-corrected chi connectivity index (χ4v) is 8.81. The summed E-state index contributed by atoms with van der Waals surface area (Å²) in [7, 11) is 0. The lowest BCUT2D eigenvalue weighted by molar-refractivity contribution is -0.167. The lowest BCUT2D eigenvalue weighted by Crippen LogP contribution is -2.30. The molecule has 1 unspecified atom stereocenters. The average Bonchev–Trinajstić information content (AvgIpc) is 3.47. The van der Waals surface area contributed by atoms with Crippen LogP contribution in [-0.2, 0) is 28.6 Å². The molecule has 0 bridgehead atoms. The number of hydrogen-bond donors (Lipinski definition) is 0. The van der Waals surface area contributed by atoms with Crippen LogP contribution in [0.5, 0.6) is 0 Å². The number of unbranched alkanes of at least 4 members (excludes halogenated alkanes) is 24. The molecule has 0 heterocycles. The SMILES string of the molecule is CC/C=C\C/C=C\C/C=C\C/C=C\C/C=C\C/C=C\CCCCCCC(=O)OCC(COC(=O)CCCCCCCC/C=C\C/C=C\C/C=C\CCCCC)OC(=O)CCCCCCCC/C=C\C/C=C\C/C=C\CCCCCCC. The first-order chi connectivity index (χ1) is 40.0. The van der Waals surface area contributed by atoms with E-state index in [1.165, 1.54) is 89.9 Å². The Morgan fingerprint density at radius 3 is 0.778 bits per heavy atom. The Labute approximate surface area is 499 Å². The van der Waals surface area contributed by atoms with Crippen molar-refractivity contribution in [2.75, 3.05) is 13.2 Å². The highest BCUT2D eigenvalue weighted by Crippen LogP contribution is 2.14. The van der Waals surface area contributed by atoms with E-state index in [1.54, 1.807) is 0 Å². The highest BCUT2D eigenvalue weighted by Gasteiger charge is 2.19. The van der Waals surface area contributed by atoms with Crippen LogP contribution in [0.3, 0.4) is 0 Å². The molecule has 0 spiro atoms. The van der Waals surface area contributed by atoms with E-state index in [1.807, 2.05) is 0 Å². The molecule has 81 heavy (non-hydrogen) atoms. The van der Waals surface area contributed by atoms with Crippen molar-refractivity contribution in [3.05, 3.63) is 146 Å². The summed E-state index contributed by atoms with van der Waals surface area (Å²) >= 11 is 0. The van der Waals surface area contributed by atoms with Crippen molar-refractivity contribution in [3.63, 3.8) is 0 Å². The minimum absolute atomic E-state index is 0.104. The third kappa shape index (κ3) is 66.0. The van der Waals surface area contributed by atoms with Crippen molar-refractivity contribution in [1.82, 2.24) is 0 Å². The molecule has 0 rings (SSSR count). The van der Waals surface area contributed by atoms with Gasteiger partial charge in [0.05, 0.1) is 0 Å². The van der Waals surface area contributed by atoms with Crippen LogP contribution in [0.2, 0.25) is 0 Å². The van der Waals surface area contributed by atoms with E-state index in [2.05, 4.69) is 167 Å². The standard InChI is InChI=1S/C75H122O6/c1-4-7-10-13-16-19-22-25-28-31-34-36-37-39-41-44-47-50-53-56-59-62-65-68-74(77)80-71-72(70-79-73(76)67-64-61-58-55-52-49-46-43-40-33-30-27-24-21-18-15-12-9-6-3)81-75(78)69-66-63-60-57-54-51-48-45-42-38-35-32-29-26-23-20-17-14-11-8-5-2/h7,10,16,18-19,21,23,25-28,30,32,34-36,39-43,45,47,50,72H,4-6,8-9,11-15,17,20,22,24,29,31,33,37-38,44,46,48-49,51-71H2,1-3H3/b10-7-,19-16-,21-18-,26-23-,28-25-,30-27-,35-32-,36-34-,41-39-,43-40-,45-42-,50-47-. The van der Waals surface area contributed by atoms with Crippen molar-refractivity contribution in [2.24, 2.45) is 0 Å². The van der Waals surface area contributed by atoms with Gasteiger partial charge in [0.15, 0.2) is 6.10 Å². The summed E-state index contributed by atoms with van der Waals surface area (Å²) in [6.07, 6.45) is 97.0. The lowest BCUT2D eigenvalue weighted by atomic mass is 10.1. The maximum Gasteiger partial charge on any atom is 0.306 e. The molecule has 458 valence electrons. The molecule has 6 nitrogen and oxygen atoms in total. The maximum atomic E-state index is 12.9. The van der Waals surface area contributed by atoms with Crippen molar-refractivity contribution >= 4 is 17.9 Å². The molecule has 1 atom stereocenters. The number of carbonyl (C=O) groups is 3. The molecule has 0 aromatic carbocycles. The van der Waals surface area contributed by atoms with Gasteiger partial charge in [0.2, 0.25) is 0 Å². The summed E-state index contributed by atoms with van der Waals surface area (Å²) in [5.74, 6) is -0.951. The van der Waals surface area contributed by atoms with Crippen LogP contribution in [0, 0.1) is 0 Å². The number of ether oxygens (including phenoxy) is 3. The average molecular weight is 1120 g/mol. The number of carbonyl (C=O) groups excluding carboxylic acids is 3. The predicted octanol–water partition coefficient (Wildman–Crippen LogP) is 23.1. The summed E-state index contributed by atoms with van der Waals surface area (Å²) in [6.45, 7) is 6.45. The van der Waals surface area contributed by atoms with E-state index in [4.69, 9.17) is 14.2 Å². The van der Waals surface area contributed by atoms with Crippen molar-refractivity contribution in [1.29, 1.82) is 0 Å². The smallest absolute Gasteiger partial charge is 0.306 e. The number of esters is 3. The Morgan fingerprint density at radius 2 is 0.481 bits per heavy atom. The molecule has 0 saturated carbocycles. The van der Waals surface area contributed by atoms with Crippen molar-refractivity contribution in [2.45, 2.75) is 297 Å².